The number of aliphatic hydroxyl groups excluding tert-OH is 2. The lowest BCUT2D eigenvalue weighted by molar-refractivity contribution is -0.137. The number of likely N-dealkylation sites (tertiary alicyclic amines) is 1. The number of carbonyl (C=O) groups is 2. The van der Waals surface area contributed by atoms with E-state index in [-0.39, 0.29) is 11.9 Å². The fourth-order valence-electron chi connectivity index (χ4n) is 5.18. The van der Waals surface area contributed by atoms with Crippen molar-refractivity contribution < 1.29 is 29.3 Å². The van der Waals surface area contributed by atoms with Crippen molar-refractivity contribution in [1.82, 2.24) is 29.7 Å². The van der Waals surface area contributed by atoms with Crippen LogP contribution in [0, 0.1) is 11.8 Å². The van der Waals surface area contributed by atoms with Gasteiger partial charge in [0, 0.05) is 26.1 Å². The Labute approximate surface area is 220 Å². The van der Waals surface area contributed by atoms with E-state index < -0.39 is 30.4 Å². The molecule has 208 valence electrons. The third kappa shape index (κ3) is 5.69. The molecule has 3 fully saturated rings. The number of ether oxygens (including phenoxy) is 2. The molecule has 1 aliphatic carbocycles. The number of aryl methyl sites for hydroxylation is 1. The van der Waals surface area contributed by atoms with Gasteiger partial charge in [-0.2, -0.15) is 0 Å². The van der Waals surface area contributed by atoms with E-state index in [1.54, 1.807) is 6.92 Å². The number of nitrogens with zero attached hydrogens (tertiary/aromatic N) is 5. The fourth-order valence-corrected chi connectivity index (χ4v) is 5.18. The number of aliphatic hydroxyl groups is 2. The second-order valence-corrected chi connectivity index (χ2v) is 10.5. The van der Waals surface area contributed by atoms with E-state index in [1.165, 1.54) is 10.9 Å². The van der Waals surface area contributed by atoms with Gasteiger partial charge in [0.15, 0.2) is 23.8 Å². The molecule has 13 nitrogen and oxygen atoms in total. The summed E-state index contributed by atoms with van der Waals surface area (Å²) in [5, 5.41) is 23.6. The van der Waals surface area contributed by atoms with Crippen molar-refractivity contribution in [2.75, 3.05) is 32.0 Å². The molecule has 38 heavy (non-hydrogen) atoms. The van der Waals surface area contributed by atoms with E-state index in [0.29, 0.717) is 48.4 Å². The molecule has 13 heteroatoms. The van der Waals surface area contributed by atoms with E-state index in [2.05, 4.69) is 20.3 Å². The Kier molecular flexibility index (Phi) is 7.96. The van der Waals surface area contributed by atoms with Crippen LogP contribution in [0.25, 0.3) is 11.2 Å². The number of piperidine rings is 1. The van der Waals surface area contributed by atoms with Gasteiger partial charge < -0.3 is 35.6 Å². The number of nitrogen functional groups attached to an aromatic ring is 1. The van der Waals surface area contributed by atoms with Gasteiger partial charge >= 0.3 is 6.09 Å². The molecule has 2 aromatic rings. The highest BCUT2D eigenvalue weighted by molar-refractivity contribution is 5.83. The van der Waals surface area contributed by atoms with E-state index in [1.807, 2.05) is 4.90 Å². The van der Waals surface area contributed by atoms with Crippen LogP contribution in [0.3, 0.4) is 0 Å². The summed E-state index contributed by atoms with van der Waals surface area (Å²) in [6.07, 6.45) is 2.89. The summed E-state index contributed by atoms with van der Waals surface area (Å²) in [6, 6.07) is 0. The van der Waals surface area contributed by atoms with Gasteiger partial charge in [-0.05, 0) is 57.3 Å². The number of nitrogens with one attached hydrogen (secondary N) is 1. The van der Waals surface area contributed by atoms with E-state index in [0.717, 1.165) is 51.6 Å². The van der Waals surface area contributed by atoms with Crippen molar-refractivity contribution in [3.8, 4) is 0 Å². The number of hydrogen-bond donors (Lipinski definition) is 4. The Morgan fingerprint density at radius 1 is 1.16 bits per heavy atom. The first-order valence-corrected chi connectivity index (χ1v) is 13.6. The minimum Gasteiger partial charge on any atom is -0.449 e. The molecular weight excluding hydrogens is 494 g/mol. The Hall–Kier alpha value is -3.03. The van der Waals surface area contributed by atoms with Crippen LogP contribution in [0.2, 0.25) is 0 Å². The molecule has 2 aliphatic heterocycles. The molecule has 0 aromatic carbocycles. The molecule has 3 aliphatic rings. The van der Waals surface area contributed by atoms with Crippen LogP contribution >= 0.6 is 0 Å². The summed E-state index contributed by atoms with van der Waals surface area (Å²) in [7, 11) is 0. The molecule has 0 spiro atoms. The molecule has 5 rings (SSSR count). The van der Waals surface area contributed by atoms with Crippen molar-refractivity contribution >= 4 is 29.0 Å². The third-order valence-corrected chi connectivity index (χ3v) is 7.64. The van der Waals surface area contributed by atoms with E-state index in [9.17, 15) is 19.8 Å². The zero-order chi connectivity index (χ0) is 26.8. The second-order valence-electron chi connectivity index (χ2n) is 10.5. The van der Waals surface area contributed by atoms with Gasteiger partial charge in [0.2, 0.25) is 0 Å². The van der Waals surface area contributed by atoms with E-state index >= 15 is 0 Å². The van der Waals surface area contributed by atoms with Crippen LogP contribution in [0.15, 0.2) is 6.33 Å². The lowest BCUT2D eigenvalue weighted by Gasteiger charge is -2.31. The standard InChI is InChI=1S/C25H37N7O6/c1-2-27-23(35)20-18(33)19(34)24(38-20)32-13-28-17-21(26)29-16(30-22(17)32)5-3-4-14-8-10-31(11-9-14)25(36)37-12-15-6-7-15/h13-15,18-20,24,33-34H,2-12H2,1H3,(H,27,35)(H2,26,29,30)/t18?,19-,20-,24+/m0/s1. The number of likely N-dealkylation sites (N-methyl/N-ethyl adjacent to an activating group) is 1. The number of aromatic nitrogens is 4. The largest absolute Gasteiger partial charge is 0.449 e. The molecule has 1 saturated carbocycles. The monoisotopic (exact) mass is 531 g/mol. The maximum absolute atomic E-state index is 12.2. The van der Waals surface area contributed by atoms with Crippen molar-refractivity contribution in [3.63, 3.8) is 0 Å². The van der Waals surface area contributed by atoms with Crippen LogP contribution in [0.1, 0.15) is 57.5 Å². The number of anilines is 1. The molecule has 4 atom stereocenters. The normalized spacial score (nSPS) is 26.1. The Morgan fingerprint density at radius 2 is 1.92 bits per heavy atom. The second kappa shape index (κ2) is 11.4. The molecule has 5 N–H and O–H groups in total. The number of imidazole rings is 1. The first-order valence-electron chi connectivity index (χ1n) is 13.6. The number of hydrogen-bond acceptors (Lipinski definition) is 10. The Bertz CT molecular complexity index is 1150. The highest BCUT2D eigenvalue weighted by Gasteiger charge is 2.47. The molecule has 1 unspecified atom stereocenters. The Morgan fingerprint density at radius 3 is 2.63 bits per heavy atom. The number of fused-ring (bicyclic) bond motifs is 1. The smallest absolute Gasteiger partial charge is 0.409 e. The van der Waals surface area contributed by atoms with Gasteiger partial charge in [0.05, 0.1) is 12.9 Å². The van der Waals surface area contributed by atoms with Gasteiger partial charge in [-0.3, -0.25) is 9.36 Å². The fraction of sp³-hybridized carbons (Fsp3) is 0.720. The molecular formula is C25H37N7O6. The molecule has 2 aromatic heterocycles. The predicted octanol–water partition coefficient (Wildman–Crippen LogP) is 0.745. The van der Waals surface area contributed by atoms with Crippen molar-refractivity contribution in [1.29, 1.82) is 0 Å². The van der Waals surface area contributed by atoms with Crippen molar-refractivity contribution in [3.05, 3.63) is 12.2 Å². The third-order valence-electron chi connectivity index (χ3n) is 7.64. The molecule has 0 radical (unpaired) electrons. The minimum absolute atomic E-state index is 0.190. The maximum Gasteiger partial charge on any atom is 0.409 e. The summed E-state index contributed by atoms with van der Waals surface area (Å²) >= 11 is 0. The van der Waals surface area contributed by atoms with Gasteiger partial charge in [-0.25, -0.2) is 19.7 Å². The van der Waals surface area contributed by atoms with Crippen LogP contribution in [0.4, 0.5) is 10.6 Å². The number of carbonyl (C=O) groups excluding carboxylic acids is 2. The molecule has 2 amide bonds. The van der Waals surface area contributed by atoms with Crippen LogP contribution < -0.4 is 11.1 Å². The van der Waals surface area contributed by atoms with Gasteiger partial charge in [-0.15, -0.1) is 0 Å². The highest BCUT2D eigenvalue weighted by atomic mass is 16.6. The van der Waals surface area contributed by atoms with Crippen LogP contribution in [0.5, 0.6) is 0 Å². The lowest BCUT2D eigenvalue weighted by Crippen LogP contribution is -2.42. The average molecular weight is 532 g/mol. The van der Waals surface area contributed by atoms with Crippen molar-refractivity contribution in [2.24, 2.45) is 11.8 Å². The van der Waals surface area contributed by atoms with E-state index in [4.69, 9.17) is 15.2 Å². The Balaban J connectivity index is 1.17. The zero-order valence-corrected chi connectivity index (χ0v) is 21.7. The average Bonchev–Trinajstić information content (AvgIpc) is 3.57. The van der Waals surface area contributed by atoms with Gasteiger partial charge in [-0.1, -0.05) is 0 Å². The molecule has 0 bridgehead atoms. The lowest BCUT2D eigenvalue weighted by atomic mass is 9.91. The topological polar surface area (TPSA) is 178 Å². The zero-order valence-electron chi connectivity index (χ0n) is 21.7. The SMILES string of the molecule is CCNC(=O)[C@H]1O[C@@H](n2cnc3c(N)nc(CCCC4CCN(C(=O)OCC5CC5)CC4)nc32)[C@@H](O)C1O. The highest BCUT2D eigenvalue weighted by Crippen LogP contribution is 2.33. The summed E-state index contributed by atoms with van der Waals surface area (Å²) in [4.78, 5) is 39.6. The summed E-state index contributed by atoms with van der Waals surface area (Å²) < 4.78 is 12.6. The first-order chi connectivity index (χ1) is 18.4. The molecule has 2 saturated heterocycles. The predicted molar refractivity (Wildman–Crippen MR) is 136 cm³/mol. The summed E-state index contributed by atoms with van der Waals surface area (Å²) in [6.45, 7) is 4.12. The minimum atomic E-state index is -1.39. The summed E-state index contributed by atoms with van der Waals surface area (Å²) in [5.74, 6) is 1.35. The van der Waals surface area contributed by atoms with Gasteiger partial charge in [0.1, 0.15) is 23.5 Å². The number of nitrogens with two attached hydrogens (primary N) is 1. The first kappa shape index (κ1) is 26.6. The van der Waals surface area contributed by atoms with Crippen molar-refractivity contribution in [2.45, 2.75) is 76.4 Å². The number of rotatable bonds is 9. The molecule has 4 heterocycles. The van der Waals surface area contributed by atoms with Crippen LogP contribution in [-0.2, 0) is 20.7 Å². The summed E-state index contributed by atoms with van der Waals surface area (Å²) in [5.41, 5.74) is 6.89. The number of amides is 2. The quantitative estimate of drug-likeness (QED) is 0.361. The maximum atomic E-state index is 12.2. The van der Waals surface area contributed by atoms with Gasteiger partial charge in [0.25, 0.3) is 5.91 Å². The van der Waals surface area contributed by atoms with Crippen LogP contribution in [-0.4, -0.2) is 91.2 Å².